The van der Waals surface area contributed by atoms with Crippen LogP contribution in [0.3, 0.4) is 0 Å². The Bertz CT molecular complexity index is 948. The fourth-order valence-corrected chi connectivity index (χ4v) is 2.59. The van der Waals surface area contributed by atoms with Gasteiger partial charge in [0.15, 0.2) is 5.69 Å². The molecule has 6 nitrogen and oxygen atoms in total. The average Bonchev–Trinajstić information content (AvgIpc) is 2.58. The van der Waals surface area contributed by atoms with Crippen molar-refractivity contribution in [3.8, 4) is 28.4 Å². The van der Waals surface area contributed by atoms with Gasteiger partial charge in [-0.2, -0.15) is 0 Å². The van der Waals surface area contributed by atoms with Crippen molar-refractivity contribution in [2.24, 2.45) is 0 Å². The van der Waals surface area contributed by atoms with Crippen molar-refractivity contribution >= 4 is 16.9 Å². The van der Waals surface area contributed by atoms with Gasteiger partial charge in [-0.05, 0) is 42.3 Å². The van der Waals surface area contributed by atoms with Crippen LogP contribution in [0.15, 0.2) is 36.4 Å². The zero-order chi connectivity index (χ0) is 17.4. The standard InChI is InChI=1S/C18H15NO5/c1-9-15(18(22)23)19-16-13(17(9)21)7-11(8-14(16)20)10-3-5-12(24-2)6-4-10/h3-8,20H,1-2H3,(H,19,21)(H,22,23). The summed E-state index contributed by atoms with van der Waals surface area (Å²) in [6, 6.07) is 10.4. The largest absolute Gasteiger partial charge is 0.507 e. The van der Waals surface area contributed by atoms with Gasteiger partial charge in [-0.3, -0.25) is 0 Å². The first-order valence-corrected chi connectivity index (χ1v) is 7.16. The summed E-state index contributed by atoms with van der Waals surface area (Å²) in [4.78, 5) is 15.2. The minimum Gasteiger partial charge on any atom is -0.507 e. The van der Waals surface area contributed by atoms with Crippen LogP contribution < -0.4 is 4.74 Å². The highest BCUT2D eigenvalue weighted by atomic mass is 16.5. The number of hydrogen-bond donors (Lipinski definition) is 3. The zero-order valence-electron chi connectivity index (χ0n) is 13.1. The molecule has 0 saturated heterocycles. The second-order valence-electron chi connectivity index (χ2n) is 5.36. The number of rotatable bonds is 3. The van der Waals surface area contributed by atoms with Crippen LogP contribution in [0.1, 0.15) is 16.1 Å². The van der Waals surface area contributed by atoms with Crippen LogP contribution in [0.5, 0.6) is 17.2 Å². The first-order chi connectivity index (χ1) is 11.4. The topological polar surface area (TPSA) is 99.9 Å². The third kappa shape index (κ3) is 2.48. The van der Waals surface area contributed by atoms with Crippen LogP contribution in [0, 0.1) is 6.92 Å². The van der Waals surface area contributed by atoms with E-state index >= 15 is 0 Å². The predicted molar refractivity (Wildman–Crippen MR) is 88.8 cm³/mol. The number of hydrogen-bond acceptors (Lipinski definition) is 5. The summed E-state index contributed by atoms with van der Waals surface area (Å²) in [7, 11) is 1.57. The van der Waals surface area contributed by atoms with Gasteiger partial charge in [0, 0.05) is 10.9 Å². The van der Waals surface area contributed by atoms with Crippen LogP contribution >= 0.6 is 0 Å². The molecule has 0 atom stereocenters. The van der Waals surface area contributed by atoms with E-state index in [1.165, 1.54) is 13.0 Å². The van der Waals surface area contributed by atoms with Crippen molar-refractivity contribution in [2.45, 2.75) is 6.92 Å². The molecule has 0 aliphatic heterocycles. The number of nitrogens with zero attached hydrogens (tertiary/aromatic N) is 1. The van der Waals surface area contributed by atoms with E-state index in [0.717, 1.165) is 5.56 Å². The van der Waals surface area contributed by atoms with Crippen molar-refractivity contribution < 1.29 is 24.9 Å². The minimum atomic E-state index is -1.26. The summed E-state index contributed by atoms with van der Waals surface area (Å²) in [5, 5.41) is 30.0. The number of carboxylic acids is 1. The van der Waals surface area contributed by atoms with Gasteiger partial charge in [-0.15, -0.1) is 0 Å². The van der Waals surface area contributed by atoms with Gasteiger partial charge in [0.2, 0.25) is 0 Å². The first kappa shape index (κ1) is 15.6. The Morgan fingerprint density at radius 2 is 1.75 bits per heavy atom. The lowest BCUT2D eigenvalue weighted by molar-refractivity contribution is 0.0689. The van der Waals surface area contributed by atoms with Gasteiger partial charge < -0.3 is 20.1 Å². The molecule has 3 rings (SSSR count). The highest BCUT2D eigenvalue weighted by Gasteiger charge is 2.19. The Morgan fingerprint density at radius 3 is 2.33 bits per heavy atom. The molecule has 0 spiro atoms. The van der Waals surface area contributed by atoms with E-state index in [1.807, 2.05) is 12.1 Å². The molecular formula is C18H15NO5. The number of pyridine rings is 1. The lowest BCUT2D eigenvalue weighted by atomic mass is 10.00. The molecule has 24 heavy (non-hydrogen) atoms. The molecule has 0 radical (unpaired) electrons. The number of aromatic hydroxyl groups is 2. The maximum Gasteiger partial charge on any atom is 0.354 e. The number of fused-ring (bicyclic) bond motifs is 1. The maximum atomic E-state index is 11.2. The molecule has 0 amide bonds. The average molecular weight is 325 g/mol. The summed E-state index contributed by atoms with van der Waals surface area (Å²) in [6.07, 6.45) is 0. The first-order valence-electron chi connectivity index (χ1n) is 7.16. The molecule has 3 N–H and O–H groups in total. The number of phenols is 1. The summed E-state index contributed by atoms with van der Waals surface area (Å²) in [5.41, 5.74) is 1.40. The van der Waals surface area contributed by atoms with Crippen LogP contribution in [0.25, 0.3) is 22.0 Å². The minimum absolute atomic E-state index is 0.0489. The van der Waals surface area contributed by atoms with E-state index in [2.05, 4.69) is 4.98 Å². The number of ether oxygens (including phenoxy) is 1. The SMILES string of the molecule is COc1ccc(-c2cc(O)c3nc(C(=O)O)c(C)c(O)c3c2)cc1. The Labute approximate surface area is 137 Å². The molecule has 2 aromatic carbocycles. The highest BCUT2D eigenvalue weighted by Crippen LogP contribution is 2.37. The Balaban J connectivity index is 2.24. The Morgan fingerprint density at radius 1 is 1.08 bits per heavy atom. The van der Waals surface area contributed by atoms with Gasteiger partial charge in [0.25, 0.3) is 0 Å². The van der Waals surface area contributed by atoms with Crippen molar-refractivity contribution in [1.82, 2.24) is 4.98 Å². The number of phenolic OH excluding ortho intramolecular Hbond substituents is 1. The van der Waals surface area contributed by atoms with Gasteiger partial charge in [-0.25, -0.2) is 9.78 Å². The van der Waals surface area contributed by atoms with E-state index in [1.54, 1.807) is 25.3 Å². The van der Waals surface area contributed by atoms with E-state index in [0.29, 0.717) is 16.7 Å². The molecule has 122 valence electrons. The highest BCUT2D eigenvalue weighted by molar-refractivity contribution is 5.99. The van der Waals surface area contributed by atoms with Crippen molar-refractivity contribution in [3.05, 3.63) is 47.7 Å². The maximum absolute atomic E-state index is 11.2. The smallest absolute Gasteiger partial charge is 0.354 e. The quantitative estimate of drug-likeness (QED) is 0.683. The van der Waals surface area contributed by atoms with Crippen molar-refractivity contribution in [2.75, 3.05) is 7.11 Å². The van der Waals surface area contributed by atoms with Crippen LogP contribution in [0.2, 0.25) is 0 Å². The summed E-state index contributed by atoms with van der Waals surface area (Å²) in [6.45, 7) is 1.47. The van der Waals surface area contributed by atoms with E-state index in [4.69, 9.17) is 9.84 Å². The van der Waals surface area contributed by atoms with Gasteiger partial charge >= 0.3 is 5.97 Å². The molecule has 6 heteroatoms. The third-order valence-corrected chi connectivity index (χ3v) is 3.90. The van der Waals surface area contributed by atoms with E-state index < -0.39 is 5.97 Å². The molecular weight excluding hydrogens is 310 g/mol. The monoisotopic (exact) mass is 325 g/mol. The van der Waals surface area contributed by atoms with Crippen LogP contribution in [0.4, 0.5) is 0 Å². The normalized spacial score (nSPS) is 10.8. The van der Waals surface area contributed by atoms with Gasteiger partial charge in [-0.1, -0.05) is 12.1 Å². The molecule has 0 aliphatic carbocycles. The number of benzene rings is 2. The Hall–Kier alpha value is -3.28. The zero-order valence-corrected chi connectivity index (χ0v) is 13.1. The van der Waals surface area contributed by atoms with Gasteiger partial charge in [0.1, 0.15) is 22.8 Å². The van der Waals surface area contributed by atoms with Crippen molar-refractivity contribution in [1.29, 1.82) is 0 Å². The predicted octanol–water partition coefficient (Wildman–Crippen LogP) is 3.33. The lowest BCUT2D eigenvalue weighted by Crippen LogP contribution is -2.04. The summed E-state index contributed by atoms with van der Waals surface area (Å²) < 4.78 is 5.11. The van der Waals surface area contributed by atoms with Crippen LogP contribution in [-0.2, 0) is 0 Å². The molecule has 0 bridgehead atoms. The molecule has 1 heterocycles. The second kappa shape index (κ2) is 5.73. The molecule has 0 aliphatic rings. The molecule has 0 unspecified atom stereocenters. The van der Waals surface area contributed by atoms with E-state index in [9.17, 15) is 15.0 Å². The number of methoxy groups -OCH3 is 1. The van der Waals surface area contributed by atoms with Crippen molar-refractivity contribution in [3.63, 3.8) is 0 Å². The summed E-state index contributed by atoms with van der Waals surface area (Å²) in [5.74, 6) is -0.960. The Kier molecular flexibility index (Phi) is 3.73. The van der Waals surface area contributed by atoms with Gasteiger partial charge in [0.05, 0.1) is 7.11 Å². The van der Waals surface area contributed by atoms with Crippen LogP contribution in [-0.4, -0.2) is 33.4 Å². The lowest BCUT2D eigenvalue weighted by Gasteiger charge is -2.11. The third-order valence-electron chi connectivity index (χ3n) is 3.90. The molecule has 0 saturated carbocycles. The summed E-state index contributed by atoms with van der Waals surface area (Å²) >= 11 is 0. The second-order valence-corrected chi connectivity index (χ2v) is 5.36. The fraction of sp³-hybridized carbons (Fsp3) is 0.111. The number of aromatic carboxylic acids is 1. The molecule has 1 aromatic heterocycles. The molecule has 0 fully saturated rings. The number of carbonyl (C=O) groups is 1. The number of aromatic nitrogens is 1. The fourth-order valence-electron chi connectivity index (χ4n) is 2.59. The molecule has 3 aromatic rings. The number of carboxylic acid groups (broad SMARTS) is 1. The van der Waals surface area contributed by atoms with E-state index in [-0.39, 0.29) is 28.3 Å².